The molecule has 0 aliphatic carbocycles. The Hall–Kier alpha value is -0.730. The summed E-state index contributed by atoms with van der Waals surface area (Å²) in [7, 11) is 0. The van der Waals surface area contributed by atoms with E-state index in [2.05, 4.69) is 0 Å². The Morgan fingerprint density at radius 3 is 2.72 bits per heavy atom. The van der Waals surface area contributed by atoms with Crippen molar-refractivity contribution in [3.63, 3.8) is 0 Å². The molecule has 7 heteroatoms. The molecule has 7 nitrogen and oxygen atoms in total. The SMILES string of the molecule is CC(=O)O[C@@H]1[C@H]2OC(C)(C)O[C@H]2O[C@@H]1[C@H](O)CN. The summed E-state index contributed by atoms with van der Waals surface area (Å²) >= 11 is 0. The van der Waals surface area contributed by atoms with Gasteiger partial charge in [-0.25, -0.2) is 0 Å². The highest BCUT2D eigenvalue weighted by Gasteiger charge is 2.57. The van der Waals surface area contributed by atoms with Gasteiger partial charge in [-0.3, -0.25) is 4.79 Å². The van der Waals surface area contributed by atoms with E-state index >= 15 is 0 Å². The third-order valence-electron chi connectivity index (χ3n) is 2.95. The summed E-state index contributed by atoms with van der Waals surface area (Å²) in [4.78, 5) is 11.1. The monoisotopic (exact) mass is 261 g/mol. The highest BCUT2D eigenvalue weighted by molar-refractivity contribution is 5.66. The quantitative estimate of drug-likeness (QED) is 0.636. The Labute approximate surface area is 105 Å². The Kier molecular flexibility index (Phi) is 3.61. The zero-order valence-electron chi connectivity index (χ0n) is 10.7. The number of carbonyl (C=O) groups excluding carboxylic acids is 1. The molecule has 0 aromatic heterocycles. The maximum atomic E-state index is 11.1. The fraction of sp³-hybridized carbons (Fsp3) is 0.909. The van der Waals surface area contributed by atoms with Gasteiger partial charge < -0.3 is 29.8 Å². The van der Waals surface area contributed by atoms with Gasteiger partial charge in [0.05, 0.1) is 6.10 Å². The minimum absolute atomic E-state index is 0.00522. The summed E-state index contributed by atoms with van der Waals surface area (Å²) in [5.74, 6) is -1.27. The predicted molar refractivity (Wildman–Crippen MR) is 59.3 cm³/mol. The van der Waals surface area contributed by atoms with E-state index in [4.69, 9.17) is 24.7 Å². The summed E-state index contributed by atoms with van der Waals surface area (Å²) in [6.07, 6.45) is -3.58. The van der Waals surface area contributed by atoms with Gasteiger partial charge in [0.2, 0.25) is 0 Å². The number of aliphatic hydroxyl groups is 1. The second kappa shape index (κ2) is 4.75. The third kappa shape index (κ3) is 2.50. The van der Waals surface area contributed by atoms with E-state index in [1.165, 1.54) is 6.92 Å². The Morgan fingerprint density at radius 2 is 2.17 bits per heavy atom. The summed E-state index contributed by atoms with van der Waals surface area (Å²) in [5, 5.41) is 9.77. The average molecular weight is 261 g/mol. The molecule has 2 heterocycles. The van der Waals surface area contributed by atoms with Gasteiger partial charge in [-0.1, -0.05) is 0 Å². The zero-order chi connectivity index (χ0) is 13.5. The molecule has 2 aliphatic rings. The van der Waals surface area contributed by atoms with Crippen LogP contribution < -0.4 is 5.73 Å². The van der Waals surface area contributed by atoms with E-state index in [1.807, 2.05) is 0 Å². The van der Waals surface area contributed by atoms with Crippen LogP contribution in [0.15, 0.2) is 0 Å². The number of esters is 1. The van der Waals surface area contributed by atoms with Gasteiger partial charge in [0, 0.05) is 13.5 Å². The Bertz CT molecular complexity index is 333. The lowest BCUT2D eigenvalue weighted by Gasteiger charge is -2.27. The number of carbonyl (C=O) groups is 1. The molecule has 18 heavy (non-hydrogen) atoms. The first-order chi connectivity index (χ1) is 8.34. The average Bonchev–Trinajstić information content (AvgIpc) is 2.71. The summed E-state index contributed by atoms with van der Waals surface area (Å²) in [6.45, 7) is 4.78. The normalized spacial score (nSPS) is 39.4. The first-order valence-electron chi connectivity index (χ1n) is 5.90. The van der Waals surface area contributed by atoms with Gasteiger partial charge in [-0.05, 0) is 13.8 Å². The second-order valence-corrected chi connectivity index (χ2v) is 4.95. The molecule has 5 atom stereocenters. The number of fused-ring (bicyclic) bond motifs is 1. The molecule has 0 unspecified atom stereocenters. The molecular formula is C11H19NO6. The van der Waals surface area contributed by atoms with Crippen molar-refractivity contribution in [3.8, 4) is 0 Å². The van der Waals surface area contributed by atoms with Crippen molar-refractivity contribution in [2.24, 2.45) is 5.73 Å². The number of hydrogen-bond donors (Lipinski definition) is 2. The molecule has 2 saturated heterocycles. The van der Waals surface area contributed by atoms with Crippen molar-refractivity contribution >= 4 is 5.97 Å². The minimum Gasteiger partial charge on any atom is -0.457 e. The molecule has 0 saturated carbocycles. The predicted octanol–water partition coefficient (Wildman–Crippen LogP) is -0.886. The van der Waals surface area contributed by atoms with Crippen molar-refractivity contribution < 1.29 is 28.8 Å². The van der Waals surface area contributed by atoms with Gasteiger partial charge in [0.25, 0.3) is 0 Å². The molecule has 2 fully saturated rings. The zero-order valence-corrected chi connectivity index (χ0v) is 10.7. The van der Waals surface area contributed by atoms with Crippen LogP contribution in [-0.2, 0) is 23.7 Å². The van der Waals surface area contributed by atoms with Crippen molar-refractivity contribution in [2.45, 2.75) is 57.3 Å². The van der Waals surface area contributed by atoms with E-state index in [0.717, 1.165) is 0 Å². The number of nitrogens with two attached hydrogens (primary N) is 1. The third-order valence-corrected chi connectivity index (χ3v) is 2.95. The maximum absolute atomic E-state index is 11.1. The van der Waals surface area contributed by atoms with Crippen LogP contribution in [0, 0.1) is 0 Å². The lowest BCUT2D eigenvalue weighted by Crippen LogP contribution is -2.46. The van der Waals surface area contributed by atoms with E-state index in [9.17, 15) is 9.90 Å². The minimum atomic E-state index is -0.935. The highest BCUT2D eigenvalue weighted by Crippen LogP contribution is 2.39. The highest BCUT2D eigenvalue weighted by atomic mass is 16.8. The van der Waals surface area contributed by atoms with Crippen LogP contribution in [0.4, 0.5) is 0 Å². The van der Waals surface area contributed by atoms with Crippen molar-refractivity contribution in [1.82, 2.24) is 0 Å². The van der Waals surface area contributed by atoms with E-state index in [1.54, 1.807) is 13.8 Å². The molecule has 0 spiro atoms. The molecule has 0 bridgehead atoms. The van der Waals surface area contributed by atoms with Crippen molar-refractivity contribution in [1.29, 1.82) is 0 Å². The van der Waals surface area contributed by atoms with Crippen LogP contribution >= 0.6 is 0 Å². The smallest absolute Gasteiger partial charge is 0.303 e. The van der Waals surface area contributed by atoms with Crippen LogP contribution in [0.5, 0.6) is 0 Å². The standard InChI is InChI=1S/C11H19NO6/c1-5(13)15-8-7(6(14)4-12)16-10-9(8)17-11(2,3)18-10/h6-10,14H,4,12H2,1-3H3/t6-,7-,8+,9-,10-/m1/s1. The fourth-order valence-corrected chi connectivity index (χ4v) is 2.27. The van der Waals surface area contributed by atoms with Gasteiger partial charge in [-0.15, -0.1) is 0 Å². The molecule has 0 radical (unpaired) electrons. The van der Waals surface area contributed by atoms with E-state index in [0.29, 0.717) is 0 Å². The van der Waals surface area contributed by atoms with Gasteiger partial charge in [0.1, 0.15) is 6.10 Å². The molecule has 3 N–H and O–H groups in total. The second-order valence-electron chi connectivity index (χ2n) is 4.95. The molecule has 2 aliphatic heterocycles. The summed E-state index contributed by atoms with van der Waals surface area (Å²) in [5.41, 5.74) is 5.40. The summed E-state index contributed by atoms with van der Waals surface area (Å²) < 4.78 is 21.9. The summed E-state index contributed by atoms with van der Waals surface area (Å²) in [6, 6.07) is 0. The Balaban J connectivity index is 2.14. The number of aliphatic hydroxyl groups excluding tert-OH is 1. The van der Waals surface area contributed by atoms with Crippen molar-refractivity contribution in [3.05, 3.63) is 0 Å². The van der Waals surface area contributed by atoms with Crippen molar-refractivity contribution in [2.75, 3.05) is 6.54 Å². The van der Waals surface area contributed by atoms with Gasteiger partial charge in [-0.2, -0.15) is 0 Å². The number of hydrogen-bond acceptors (Lipinski definition) is 7. The molecule has 0 amide bonds. The molecule has 0 aromatic rings. The van der Waals surface area contributed by atoms with Crippen LogP contribution in [0.1, 0.15) is 20.8 Å². The number of ether oxygens (including phenoxy) is 4. The fourth-order valence-electron chi connectivity index (χ4n) is 2.27. The lowest BCUT2D eigenvalue weighted by molar-refractivity contribution is -0.228. The topological polar surface area (TPSA) is 100 Å². The molecule has 104 valence electrons. The largest absolute Gasteiger partial charge is 0.457 e. The van der Waals surface area contributed by atoms with Crippen LogP contribution in [0.2, 0.25) is 0 Å². The molecule has 0 aromatic carbocycles. The van der Waals surface area contributed by atoms with Crippen LogP contribution in [-0.4, -0.2) is 54.1 Å². The van der Waals surface area contributed by atoms with E-state index in [-0.39, 0.29) is 6.54 Å². The first-order valence-corrected chi connectivity index (χ1v) is 5.90. The van der Waals surface area contributed by atoms with Crippen LogP contribution in [0.25, 0.3) is 0 Å². The van der Waals surface area contributed by atoms with Gasteiger partial charge >= 0.3 is 5.97 Å². The molecular weight excluding hydrogens is 242 g/mol. The van der Waals surface area contributed by atoms with Gasteiger partial charge in [0.15, 0.2) is 24.3 Å². The molecule has 2 rings (SSSR count). The van der Waals surface area contributed by atoms with E-state index < -0.39 is 42.5 Å². The maximum Gasteiger partial charge on any atom is 0.303 e. The Morgan fingerprint density at radius 1 is 1.50 bits per heavy atom. The lowest BCUT2D eigenvalue weighted by atomic mass is 10.1. The first kappa shape index (κ1) is 13.7. The number of rotatable bonds is 3. The van der Waals surface area contributed by atoms with Crippen LogP contribution in [0.3, 0.4) is 0 Å².